The minimum absolute atomic E-state index is 0.0481. The summed E-state index contributed by atoms with van der Waals surface area (Å²) < 4.78 is 5.96. The Bertz CT molecular complexity index is 1190. The zero-order valence-electron chi connectivity index (χ0n) is 14.4. The molecule has 0 aromatic heterocycles. The zero-order valence-corrected chi connectivity index (χ0v) is 16.0. The smallest absolute Gasteiger partial charge is 0.167 e. The van der Waals surface area contributed by atoms with E-state index in [2.05, 4.69) is 45.7 Å². The molecule has 2 aromatic rings. The fourth-order valence-electron chi connectivity index (χ4n) is 3.08. The van der Waals surface area contributed by atoms with E-state index in [9.17, 15) is 0 Å². The van der Waals surface area contributed by atoms with Crippen LogP contribution in [-0.2, 0) is 0 Å². The maximum atomic E-state index is 6.03. The van der Waals surface area contributed by atoms with Gasteiger partial charge in [0.05, 0.1) is 11.0 Å². The molecule has 3 aliphatic rings. The monoisotopic (exact) mass is 394 g/mol. The van der Waals surface area contributed by atoms with Crippen molar-refractivity contribution in [3.63, 3.8) is 0 Å². The van der Waals surface area contributed by atoms with E-state index in [0.29, 0.717) is 16.4 Å². The fourth-order valence-corrected chi connectivity index (χ4v) is 4.35. The van der Waals surface area contributed by atoms with Gasteiger partial charge in [-0.25, -0.2) is 4.98 Å². The normalized spacial score (nSPS) is 16.9. The lowest BCUT2D eigenvalue weighted by atomic mass is 10.2. The van der Waals surface area contributed by atoms with Crippen molar-refractivity contribution < 1.29 is 4.42 Å². The summed E-state index contributed by atoms with van der Waals surface area (Å²) in [7, 11) is 2.06. The van der Waals surface area contributed by atoms with Gasteiger partial charge in [-0.15, -0.1) is 0 Å². The molecule has 1 unspecified atom stereocenters. The van der Waals surface area contributed by atoms with Crippen molar-refractivity contribution in [3.05, 3.63) is 71.0 Å². The standard InChI is InChI=1S/C20H15ClN4OS/c1-25-16-4-2-3-5-19(16)27-20(25)24-23-13-7-8-14-18(11-13)26-17-9-6-12(21)10-15(17)22-14/h2-11,20,24H,1H3/b23-13-. The van der Waals surface area contributed by atoms with Gasteiger partial charge in [0.1, 0.15) is 11.2 Å². The number of nitrogens with one attached hydrogen (secondary N) is 1. The van der Waals surface area contributed by atoms with Crippen LogP contribution in [0.4, 0.5) is 5.69 Å². The molecule has 134 valence electrons. The van der Waals surface area contributed by atoms with Crippen LogP contribution in [0.25, 0.3) is 22.6 Å². The highest BCUT2D eigenvalue weighted by molar-refractivity contribution is 8.00. The van der Waals surface area contributed by atoms with Crippen molar-refractivity contribution in [3.8, 4) is 11.5 Å². The van der Waals surface area contributed by atoms with Gasteiger partial charge in [0, 0.05) is 23.0 Å². The Labute approximate surface area is 165 Å². The molecule has 1 N–H and O–H groups in total. The van der Waals surface area contributed by atoms with E-state index in [1.165, 1.54) is 10.6 Å². The maximum Gasteiger partial charge on any atom is 0.167 e. The van der Waals surface area contributed by atoms with Crippen molar-refractivity contribution >= 4 is 40.1 Å². The van der Waals surface area contributed by atoms with Crippen molar-refractivity contribution in [2.75, 3.05) is 11.9 Å². The molecule has 0 saturated carbocycles. The molecule has 0 amide bonds. The van der Waals surface area contributed by atoms with Gasteiger partial charge < -0.3 is 9.32 Å². The number of aromatic nitrogens is 1. The molecule has 7 heteroatoms. The van der Waals surface area contributed by atoms with Gasteiger partial charge in [0.25, 0.3) is 0 Å². The van der Waals surface area contributed by atoms with E-state index >= 15 is 0 Å². The second-order valence-electron chi connectivity index (χ2n) is 6.27. The lowest BCUT2D eigenvalue weighted by Gasteiger charge is -2.20. The van der Waals surface area contributed by atoms with Gasteiger partial charge in [-0.3, -0.25) is 5.43 Å². The number of nitrogens with zero attached hydrogens (tertiary/aromatic N) is 3. The molecule has 27 heavy (non-hydrogen) atoms. The van der Waals surface area contributed by atoms with Crippen molar-refractivity contribution in [2.24, 2.45) is 5.10 Å². The molecule has 1 aliphatic carbocycles. The Hall–Kier alpha value is -2.70. The Balaban J connectivity index is 1.46. The summed E-state index contributed by atoms with van der Waals surface area (Å²) in [4.78, 5) is 8.02. The summed E-state index contributed by atoms with van der Waals surface area (Å²) in [5.41, 5.74) is 6.69. The summed E-state index contributed by atoms with van der Waals surface area (Å²) in [6.07, 6.45) is 0. The first-order chi connectivity index (χ1) is 13.2. The topological polar surface area (TPSA) is 53.7 Å². The first-order valence-corrected chi connectivity index (χ1v) is 9.71. The largest absolute Gasteiger partial charge is 0.453 e. The molecule has 2 aromatic carbocycles. The maximum absolute atomic E-state index is 6.03. The van der Waals surface area contributed by atoms with Crippen LogP contribution in [0.3, 0.4) is 0 Å². The molecular weight excluding hydrogens is 380 g/mol. The van der Waals surface area contributed by atoms with E-state index in [4.69, 9.17) is 16.0 Å². The van der Waals surface area contributed by atoms with Crippen LogP contribution < -0.4 is 15.7 Å². The molecule has 1 atom stereocenters. The number of para-hydroxylation sites is 1. The van der Waals surface area contributed by atoms with E-state index < -0.39 is 0 Å². The van der Waals surface area contributed by atoms with E-state index in [1.807, 2.05) is 30.3 Å². The Kier molecular flexibility index (Phi) is 3.95. The van der Waals surface area contributed by atoms with Gasteiger partial charge in [-0.05, 0) is 42.5 Å². The third-order valence-electron chi connectivity index (χ3n) is 4.46. The van der Waals surface area contributed by atoms with Crippen LogP contribution in [0.5, 0.6) is 0 Å². The SMILES string of the molecule is CN1c2ccccc2SC1N/N=c1/ccc2nc3cc(Cl)ccc3oc-2c1. The summed E-state index contributed by atoms with van der Waals surface area (Å²) in [5, 5.41) is 5.97. The van der Waals surface area contributed by atoms with Crippen LogP contribution >= 0.6 is 23.4 Å². The lowest BCUT2D eigenvalue weighted by molar-refractivity contribution is 0.610. The number of benzene rings is 3. The summed E-state index contributed by atoms with van der Waals surface area (Å²) in [5.74, 6) is 0.684. The molecule has 0 fully saturated rings. The van der Waals surface area contributed by atoms with Crippen LogP contribution in [0.15, 0.2) is 75.1 Å². The highest BCUT2D eigenvalue weighted by Crippen LogP contribution is 2.40. The van der Waals surface area contributed by atoms with E-state index in [-0.39, 0.29) is 5.50 Å². The molecule has 5 rings (SSSR count). The van der Waals surface area contributed by atoms with Crippen molar-refractivity contribution in [1.82, 2.24) is 10.4 Å². The first kappa shape index (κ1) is 16.5. The molecule has 5 nitrogen and oxygen atoms in total. The van der Waals surface area contributed by atoms with Crippen LogP contribution in [0.1, 0.15) is 0 Å². The third kappa shape index (κ3) is 3.01. The summed E-state index contributed by atoms with van der Waals surface area (Å²) in [6.45, 7) is 0. The van der Waals surface area contributed by atoms with Crippen LogP contribution in [0.2, 0.25) is 5.02 Å². The number of thioether (sulfide) groups is 1. The molecule has 0 spiro atoms. The highest BCUT2D eigenvalue weighted by Gasteiger charge is 2.26. The molecule has 0 saturated heterocycles. The predicted molar refractivity (Wildman–Crippen MR) is 109 cm³/mol. The number of halogens is 1. The number of anilines is 1. The number of fused-ring (bicyclic) bond motifs is 3. The predicted octanol–water partition coefficient (Wildman–Crippen LogP) is 4.52. The van der Waals surface area contributed by atoms with Crippen molar-refractivity contribution in [1.29, 1.82) is 0 Å². The number of hydrogen-bond acceptors (Lipinski definition) is 6. The fraction of sp³-hybridized carbons (Fsp3) is 0.100. The number of hydrogen-bond donors (Lipinski definition) is 1. The average molecular weight is 395 g/mol. The second kappa shape index (κ2) is 6.48. The molecule has 2 heterocycles. The van der Waals surface area contributed by atoms with Crippen LogP contribution in [0, 0.1) is 0 Å². The van der Waals surface area contributed by atoms with Gasteiger partial charge in [0.15, 0.2) is 16.8 Å². The van der Waals surface area contributed by atoms with Crippen LogP contribution in [-0.4, -0.2) is 17.5 Å². The van der Waals surface area contributed by atoms with Gasteiger partial charge in [0.2, 0.25) is 0 Å². The number of rotatable bonds is 2. The lowest BCUT2D eigenvalue weighted by Crippen LogP contribution is -2.36. The molecular formula is C20H15ClN4OS. The van der Waals surface area contributed by atoms with Gasteiger partial charge in [-0.1, -0.05) is 35.5 Å². The molecule has 0 radical (unpaired) electrons. The molecule has 0 bridgehead atoms. The summed E-state index contributed by atoms with van der Waals surface area (Å²) >= 11 is 7.78. The van der Waals surface area contributed by atoms with Gasteiger partial charge >= 0.3 is 0 Å². The highest BCUT2D eigenvalue weighted by atomic mass is 35.5. The van der Waals surface area contributed by atoms with Gasteiger partial charge in [-0.2, -0.15) is 5.10 Å². The molecule has 2 aliphatic heterocycles. The van der Waals surface area contributed by atoms with E-state index in [0.717, 1.165) is 16.6 Å². The zero-order chi connectivity index (χ0) is 18.4. The Morgan fingerprint density at radius 1 is 1.15 bits per heavy atom. The quantitative estimate of drug-likeness (QED) is 0.400. The minimum Gasteiger partial charge on any atom is -0.453 e. The Morgan fingerprint density at radius 3 is 2.93 bits per heavy atom. The van der Waals surface area contributed by atoms with Crippen molar-refractivity contribution in [2.45, 2.75) is 10.4 Å². The average Bonchev–Trinajstić information content (AvgIpc) is 3.01. The first-order valence-electron chi connectivity index (χ1n) is 8.45. The summed E-state index contributed by atoms with van der Waals surface area (Å²) in [6, 6.07) is 19.5. The third-order valence-corrected chi connectivity index (χ3v) is 5.94. The van der Waals surface area contributed by atoms with E-state index in [1.54, 1.807) is 23.9 Å². The Morgan fingerprint density at radius 2 is 2.04 bits per heavy atom. The second-order valence-corrected chi connectivity index (χ2v) is 7.83. The minimum atomic E-state index is 0.0481.